The highest BCUT2D eigenvalue weighted by atomic mass is 16.3. The summed E-state index contributed by atoms with van der Waals surface area (Å²) in [6, 6.07) is 5.46. The van der Waals surface area contributed by atoms with Gasteiger partial charge in [0, 0.05) is 29.6 Å². The van der Waals surface area contributed by atoms with Crippen molar-refractivity contribution in [1.29, 1.82) is 5.26 Å². The van der Waals surface area contributed by atoms with Gasteiger partial charge in [-0.1, -0.05) is 0 Å². The molecule has 146 valence electrons. The number of aliphatic hydroxyl groups excluding tert-OH is 1. The molecule has 1 saturated heterocycles. The molecule has 0 radical (unpaired) electrons. The predicted octanol–water partition coefficient (Wildman–Crippen LogP) is 3.12. The van der Waals surface area contributed by atoms with E-state index in [1.54, 1.807) is 6.20 Å². The number of likely N-dealkylation sites (tertiary alicyclic amines) is 1. The number of hydrogen-bond acceptors (Lipinski definition) is 5. The highest BCUT2D eigenvalue weighted by molar-refractivity contribution is 6.01. The molecule has 0 aromatic carbocycles. The zero-order valence-corrected chi connectivity index (χ0v) is 16.0. The molecule has 2 fully saturated rings. The fourth-order valence-electron chi connectivity index (χ4n) is 5.22. The van der Waals surface area contributed by atoms with E-state index in [2.05, 4.69) is 36.6 Å². The van der Waals surface area contributed by atoms with Crippen LogP contribution in [0.2, 0.25) is 0 Å². The average Bonchev–Trinajstić information content (AvgIpc) is 3.37. The Hall–Kier alpha value is -2.43. The summed E-state index contributed by atoms with van der Waals surface area (Å²) in [6.45, 7) is 2.06. The fraction of sp³-hybridized carbons (Fsp3) is 0.571. The third kappa shape index (κ3) is 2.88. The molecule has 2 aliphatic rings. The van der Waals surface area contributed by atoms with Crippen LogP contribution in [0.4, 0.5) is 0 Å². The van der Waals surface area contributed by atoms with Gasteiger partial charge in [-0.3, -0.25) is 0 Å². The Bertz CT molecular complexity index is 1010. The van der Waals surface area contributed by atoms with Gasteiger partial charge < -0.3 is 19.6 Å². The zero-order chi connectivity index (χ0) is 19.1. The molecule has 3 aromatic rings. The molecule has 28 heavy (non-hydrogen) atoms. The SMILES string of the molecule is N#CC1CCN([C@H]2CC[C@H](n3c(CO)nc4cnc5[nH]ccc5c43)CC2)CC1. The molecular formula is C21H26N6O. The number of pyridine rings is 1. The van der Waals surface area contributed by atoms with Gasteiger partial charge in [-0.15, -0.1) is 0 Å². The molecule has 7 nitrogen and oxygen atoms in total. The number of nitriles is 1. The maximum absolute atomic E-state index is 9.93. The van der Waals surface area contributed by atoms with Crippen LogP contribution < -0.4 is 0 Å². The summed E-state index contributed by atoms with van der Waals surface area (Å²) in [5.41, 5.74) is 2.82. The highest BCUT2D eigenvalue weighted by Gasteiger charge is 2.31. The molecule has 3 aromatic heterocycles. The number of nitrogens with zero attached hydrogens (tertiary/aromatic N) is 5. The lowest BCUT2D eigenvalue weighted by Gasteiger charge is -2.40. The molecule has 0 unspecified atom stereocenters. The number of fused-ring (bicyclic) bond motifs is 3. The molecule has 7 heteroatoms. The maximum atomic E-state index is 9.93. The van der Waals surface area contributed by atoms with E-state index < -0.39 is 0 Å². The van der Waals surface area contributed by atoms with E-state index in [1.165, 1.54) is 0 Å². The van der Waals surface area contributed by atoms with Crippen LogP contribution in [0.25, 0.3) is 22.1 Å². The van der Waals surface area contributed by atoms with Crippen LogP contribution in [-0.4, -0.2) is 48.7 Å². The van der Waals surface area contributed by atoms with Gasteiger partial charge in [0.15, 0.2) is 0 Å². The number of aromatic amines is 1. The Kier molecular flexibility index (Phi) is 4.53. The number of H-pyrrole nitrogens is 1. The highest BCUT2D eigenvalue weighted by Crippen LogP contribution is 2.37. The lowest BCUT2D eigenvalue weighted by Crippen LogP contribution is -2.43. The fourth-order valence-corrected chi connectivity index (χ4v) is 5.22. The Morgan fingerprint density at radius 1 is 1.14 bits per heavy atom. The summed E-state index contributed by atoms with van der Waals surface area (Å²) in [5.74, 6) is 0.984. The van der Waals surface area contributed by atoms with E-state index in [9.17, 15) is 5.11 Å². The molecule has 0 atom stereocenters. The topological polar surface area (TPSA) is 93.8 Å². The van der Waals surface area contributed by atoms with Crippen LogP contribution in [0, 0.1) is 17.2 Å². The van der Waals surface area contributed by atoms with Gasteiger partial charge in [-0.05, 0) is 57.7 Å². The first-order chi connectivity index (χ1) is 13.8. The molecule has 1 aliphatic carbocycles. The van der Waals surface area contributed by atoms with E-state index in [0.717, 1.165) is 79.5 Å². The van der Waals surface area contributed by atoms with Gasteiger partial charge in [0.25, 0.3) is 0 Å². The number of hydrogen-bond donors (Lipinski definition) is 2. The molecule has 0 spiro atoms. The second kappa shape index (κ2) is 7.19. The van der Waals surface area contributed by atoms with Crippen molar-refractivity contribution < 1.29 is 5.11 Å². The van der Waals surface area contributed by atoms with Crippen molar-refractivity contribution in [3.8, 4) is 6.07 Å². The number of imidazole rings is 1. The van der Waals surface area contributed by atoms with Crippen molar-refractivity contribution in [3.05, 3.63) is 24.3 Å². The molecular weight excluding hydrogens is 352 g/mol. The van der Waals surface area contributed by atoms with Crippen LogP contribution in [0.3, 0.4) is 0 Å². The molecule has 2 N–H and O–H groups in total. The minimum absolute atomic E-state index is 0.0534. The predicted molar refractivity (Wildman–Crippen MR) is 107 cm³/mol. The maximum Gasteiger partial charge on any atom is 0.139 e. The second-order valence-corrected chi connectivity index (χ2v) is 8.19. The van der Waals surface area contributed by atoms with Crippen molar-refractivity contribution in [1.82, 2.24) is 24.4 Å². The molecule has 1 aliphatic heterocycles. The summed E-state index contributed by atoms with van der Waals surface area (Å²) in [6.07, 6.45) is 10.2. The summed E-state index contributed by atoms with van der Waals surface area (Å²) >= 11 is 0. The van der Waals surface area contributed by atoms with E-state index in [4.69, 9.17) is 5.26 Å². The average molecular weight is 378 g/mol. The number of rotatable bonds is 3. The smallest absolute Gasteiger partial charge is 0.139 e. The van der Waals surface area contributed by atoms with E-state index >= 15 is 0 Å². The zero-order valence-electron chi connectivity index (χ0n) is 16.0. The molecule has 1 saturated carbocycles. The van der Waals surface area contributed by atoms with Gasteiger partial charge in [-0.2, -0.15) is 5.26 Å². The van der Waals surface area contributed by atoms with Gasteiger partial charge in [-0.25, -0.2) is 9.97 Å². The van der Waals surface area contributed by atoms with Crippen molar-refractivity contribution in [2.75, 3.05) is 13.1 Å². The van der Waals surface area contributed by atoms with Crippen LogP contribution in [0.5, 0.6) is 0 Å². The Morgan fingerprint density at radius 2 is 1.89 bits per heavy atom. The second-order valence-electron chi connectivity index (χ2n) is 8.19. The Labute approximate surface area is 164 Å². The van der Waals surface area contributed by atoms with Crippen molar-refractivity contribution in [2.24, 2.45) is 5.92 Å². The summed E-state index contributed by atoms with van der Waals surface area (Å²) in [4.78, 5) is 14.9. The lowest BCUT2D eigenvalue weighted by molar-refractivity contribution is 0.105. The normalized spacial score (nSPS) is 24.7. The van der Waals surface area contributed by atoms with Crippen LogP contribution in [0.1, 0.15) is 50.4 Å². The van der Waals surface area contributed by atoms with Gasteiger partial charge in [0.05, 0.1) is 17.8 Å². The Morgan fingerprint density at radius 3 is 2.61 bits per heavy atom. The quantitative estimate of drug-likeness (QED) is 0.730. The standard InChI is InChI=1S/C21H26N6O/c22-11-14-6-9-26(10-7-14)15-1-3-16(4-2-15)27-19(13-28)25-18-12-24-21-17(20(18)27)5-8-23-21/h5,8,12,14-16,28H,1-4,6-7,9-10,13H2,(H,23,24)/t15-,16-. The monoisotopic (exact) mass is 378 g/mol. The van der Waals surface area contributed by atoms with Crippen molar-refractivity contribution in [3.63, 3.8) is 0 Å². The van der Waals surface area contributed by atoms with Crippen molar-refractivity contribution in [2.45, 2.75) is 57.2 Å². The van der Waals surface area contributed by atoms with Crippen LogP contribution in [-0.2, 0) is 6.61 Å². The molecule has 0 amide bonds. The third-order valence-corrected chi connectivity index (χ3v) is 6.71. The lowest BCUT2D eigenvalue weighted by atomic mass is 9.87. The number of piperidine rings is 1. The first kappa shape index (κ1) is 17.7. The van der Waals surface area contributed by atoms with Gasteiger partial charge in [0.1, 0.15) is 23.6 Å². The molecule has 5 rings (SSSR count). The third-order valence-electron chi connectivity index (χ3n) is 6.71. The number of aromatic nitrogens is 4. The summed E-state index contributed by atoms with van der Waals surface area (Å²) in [5, 5.41) is 20.1. The number of aliphatic hydroxyl groups is 1. The molecule has 0 bridgehead atoms. The number of nitrogens with one attached hydrogen (secondary N) is 1. The van der Waals surface area contributed by atoms with Gasteiger partial charge in [0.2, 0.25) is 0 Å². The Balaban J connectivity index is 1.39. The van der Waals surface area contributed by atoms with E-state index in [1.807, 2.05) is 6.20 Å². The van der Waals surface area contributed by atoms with E-state index in [-0.39, 0.29) is 12.5 Å². The summed E-state index contributed by atoms with van der Waals surface area (Å²) in [7, 11) is 0. The first-order valence-corrected chi connectivity index (χ1v) is 10.4. The van der Waals surface area contributed by atoms with Crippen LogP contribution in [0.15, 0.2) is 18.5 Å². The minimum atomic E-state index is -0.0534. The minimum Gasteiger partial charge on any atom is -0.388 e. The first-order valence-electron chi connectivity index (χ1n) is 10.4. The summed E-state index contributed by atoms with van der Waals surface area (Å²) < 4.78 is 2.27. The largest absolute Gasteiger partial charge is 0.388 e. The van der Waals surface area contributed by atoms with E-state index in [0.29, 0.717) is 12.1 Å². The van der Waals surface area contributed by atoms with Gasteiger partial charge >= 0.3 is 0 Å². The van der Waals surface area contributed by atoms with Crippen LogP contribution >= 0.6 is 0 Å². The van der Waals surface area contributed by atoms with Crippen molar-refractivity contribution >= 4 is 22.1 Å². The molecule has 4 heterocycles.